The van der Waals surface area contributed by atoms with Crippen molar-refractivity contribution in [1.82, 2.24) is 14.6 Å². The van der Waals surface area contributed by atoms with Gasteiger partial charge in [0.05, 0.1) is 11.8 Å². The van der Waals surface area contributed by atoms with Crippen molar-refractivity contribution in [1.29, 1.82) is 5.26 Å². The van der Waals surface area contributed by atoms with E-state index >= 15 is 0 Å². The molecule has 0 bridgehead atoms. The van der Waals surface area contributed by atoms with Crippen molar-refractivity contribution in [3.05, 3.63) is 24.2 Å². The molecule has 0 saturated carbocycles. The summed E-state index contributed by atoms with van der Waals surface area (Å²) in [5.74, 6) is 0.930. The summed E-state index contributed by atoms with van der Waals surface area (Å²) in [6.07, 6.45) is 2.31. The number of nitriles is 1. The number of ether oxygens (including phenoxy) is 1. The number of fused-ring (bicyclic) bond motifs is 1. The largest absolute Gasteiger partial charge is 0.408 e. The minimum Gasteiger partial charge on any atom is -0.408 e. The third kappa shape index (κ3) is 3.73. The summed E-state index contributed by atoms with van der Waals surface area (Å²) in [7, 11) is -1.55. The van der Waals surface area contributed by atoms with Gasteiger partial charge in [-0.25, -0.2) is 9.50 Å². The fraction of sp³-hybridized carbons (Fsp3) is 0.682. The standard InChI is InChI=1S/C22H37N5O2Si2/c1-11-18-16(2)21(3,29-31(8,9)10)22(14-23,28-18)19-13-12-17-20(24-15-25-27(17)19)26(4)30(5,6)7/h12-13,15-16,18H,11H2,1-10H3/t16-,18-,21-,22?/m1/s1. The molecule has 0 N–H and O–H groups in total. The molecule has 170 valence electrons. The number of nitrogens with zero attached hydrogens (tertiary/aromatic N) is 5. The second-order valence-corrected chi connectivity index (χ2v) is 20.2. The predicted octanol–water partition coefficient (Wildman–Crippen LogP) is 4.77. The molecule has 0 radical (unpaired) electrons. The molecular formula is C22H37N5O2Si2. The highest BCUT2D eigenvalue weighted by molar-refractivity contribution is 6.79. The second-order valence-electron chi connectivity index (χ2n) is 10.8. The van der Waals surface area contributed by atoms with Gasteiger partial charge in [0.1, 0.15) is 37.6 Å². The molecule has 1 aliphatic heterocycles. The Morgan fingerprint density at radius 2 is 1.90 bits per heavy atom. The van der Waals surface area contributed by atoms with Crippen LogP contribution in [-0.2, 0) is 14.8 Å². The zero-order chi connectivity index (χ0) is 23.4. The Kier molecular flexibility index (Phi) is 5.93. The van der Waals surface area contributed by atoms with Gasteiger partial charge in [0.25, 0.3) is 0 Å². The van der Waals surface area contributed by atoms with Crippen LogP contribution in [0.25, 0.3) is 5.52 Å². The lowest BCUT2D eigenvalue weighted by molar-refractivity contribution is -0.0893. The van der Waals surface area contributed by atoms with E-state index < -0.39 is 27.8 Å². The molecule has 7 nitrogen and oxygen atoms in total. The van der Waals surface area contributed by atoms with Gasteiger partial charge in [-0.1, -0.05) is 33.5 Å². The molecular weight excluding hydrogens is 422 g/mol. The third-order valence-corrected chi connectivity index (χ3v) is 9.91. The van der Waals surface area contributed by atoms with Gasteiger partial charge in [-0.2, -0.15) is 10.4 Å². The molecule has 2 aromatic rings. The van der Waals surface area contributed by atoms with E-state index in [9.17, 15) is 5.26 Å². The molecule has 1 aliphatic rings. The summed E-state index contributed by atoms with van der Waals surface area (Å²) >= 11 is 0. The molecule has 2 aromatic heterocycles. The Morgan fingerprint density at radius 3 is 2.42 bits per heavy atom. The maximum atomic E-state index is 10.6. The minimum atomic E-state index is -1.99. The molecule has 1 saturated heterocycles. The first kappa shape index (κ1) is 23.9. The molecule has 0 aliphatic carbocycles. The van der Waals surface area contributed by atoms with E-state index in [0.29, 0.717) is 5.69 Å². The first-order chi connectivity index (χ1) is 14.2. The van der Waals surface area contributed by atoms with Crippen LogP contribution in [0.5, 0.6) is 0 Å². The third-order valence-electron chi connectivity index (χ3n) is 6.65. The van der Waals surface area contributed by atoms with Crippen molar-refractivity contribution in [2.24, 2.45) is 5.92 Å². The van der Waals surface area contributed by atoms with Crippen LogP contribution < -0.4 is 4.57 Å². The number of aromatic nitrogens is 3. The molecule has 3 rings (SSSR count). The van der Waals surface area contributed by atoms with Gasteiger partial charge in [-0.15, -0.1) is 0 Å². The van der Waals surface area contributed by atoms with Crippen LogP contribution in [0.15, 0.2) is 18.5 Å². The van der Waals surface area contributed by atoms with Crippen LogP contribution in [0.4, 0.5) is 5.82 Å². The van der Waals surface area contributed by atoms with E-state index in [0.717, 1.165) is 17.8 Å². The molecule has 0 aromatic carbocycles. The predicted molar refractivity (Wildman–Crippen MR) is 129 cm³/mol. The summed E-state index contributed by atoms with van der Waals surface area (Å²) in [5, 5.41) is 15.2. The minimum absolute atomic E-state index is 0.0559. The molecule has 1 fully saturated rings. The van der Waals surface area contributed by atoms with Crippen molar-refractivity contribution >= 4 is 27.9 Å². The second kappa shape index (κ2) is 7.69. The Hall–Kier alpha value is -1.74. The summed E-state index contributed by atoms with van der Waals surface area (Å²) in [5.41, 5.74) is -0.468. The highest BCUT2D eigenvalue weighted by Gasteiger charge is 2.65. The smallest absolute Gasteiger partial charge is 0.224 e. The highest BCUT2D eigenvalue weighted by atomic mass is 28.4. The van der Waals surface area contributed by atoms with Gasteiger partial charge >= 0.3 is 0 Å². The normalized spacial score (nSPS) is 29.3. The zero-order valence-electron chi connectivity index (χ0n) is 20.6. The summed E-state index contributed by atoms with van der Waals surface area (Å²) in [4.78, 5) is 4.58. The van der Waals surface area contributed by atoms with Crippen LogP contribution in [0, 0.1) is 17.2 Å². The summed E-state index contributed by atoms with van der Waals surface area (Å²) < 4.78 is 17.5. The Bertz CT molecular complexity index is 1010. The molecule has 31 heavy (non-hydrogen) atoms. The molecule has 3 heterocycles. The molecule has 0 spiro atoms. The van der Waals surface area contributed by atoms with Crippen LogP contribution >= 0.6 is 0 Å². The fourth-order valence-electron chi connectivity index (χ4n) is 4.63. The topological polar surface area (TPSA) is 75.7 Å². The zero-order valence-corrected chi connectivity index (χ0v) is 22.6. The first-order valence-electron chi connectivity index (χ1n) is 11.1. The average Bonchev–Trinajstić information content (AvgIpc) is 3.18. The fourth-order valence-corrected chi connectivity index (χ4v) is 7.04. The lowest BCUT2D eigenvalue weighted by Crippen LogP contribution is -2.55. The van der Waals surface area contributed by atoms with E-state index in [-0.39, 0.29) is 12.0 Å². The molecule has 0 amide bonds. The van der Waals surface area contributed by atoms with Gasteiger partial charge in [-0.3, -0.25) is 0 Å². The number of rotatable bonds is 6. The molecule has 1 unspecified atom stereocenters. The Balaban J connectivity index is 2.27. The average molecular weight is 460 g/mol. The van der Waals surface area contributed by atoms with Crippen LogP contribution in [0.3, 0.4) is 0 Å². The molecule has 9 heteroatoms. The van der Waals surface area contributed by atoms with Crippen molar-refractivity contribution < 1.29 is 9.16 Å². The number of hydrogen-bond acceptors (Lipinski definition) is 6. The van der Waals surface area contributed by atoms with Crippen molar-refractivity contribution in [2.75, 3.05) is 11.6 Å². The quantitative estimate of drug-likeness (QED) is 0.579. The Morgan fingerprint density at radius 1 is 1.26 bits per heavy atom. The van der Waals surface area contributed by atoms with Crippen molar-refractivity contribution in [3.8, 4) is 6.07 Å². The maximum absolute atomic E-state index is 10.6. The summed E-state index contributed by atoms with van der Waals surface area (Å²) in [6, 6.07) is 6.51. The van der Waals surface area contributed by atoms with E-state index in [1.807, 2.05) is 23.6 Å². The van der Waals surface area contributed by atoms with Gasteiger partial charge in [0.2, 0.25) is 5.60 Å². The SMILES string of the molecule is CC[C@H]1OC(C#N)(c2ccc3c(N(C)[Si](C)(C)C)ncnn23)[C@](C)(O[Si](C)(C)C)[C@@H]1C. The van der Waals surface area contributed by atoms with Gasteiger partial charge in [-0.05, 0) is 52.2 Å². The lowest BCUT2D eigenvalue weighted by Gasteiger charge is -2.43. The number of hydrogen-bond donors (Lipinski definition) is 0. The van der Waals surface area contributed by atoms with Crippen molar-refractivity contribution in [3.63, 3.8) is 0 Å². The van der Waals surface area contributed by atoms with E-state index in [2.05, 4.69) is 80.9 Å². The van der Waals surface area contributed by atoms with E-state index in [1.54, 1.807) is 6.33 Å². The van der Waals surface area contributed by atoms with Crippen LogP contribution in [0.2, 0.25) is 39.3 Å². The maximum Gasteiger partial charge on any atom is 0.224 e. The summed E-state index contributed by atoms with van der Waals surface area (Å²) in [6.45, 7) is 19.6. The van der Waals surface area contributed by atoms with Crippen LogP contribution in [0.1, 0.15) is 32.9 Å². The van der Waals surface area contributed by atoms with E-state index in [4.69, 9.17) is 9.16 Å². The van der Waals surface area contributed by atoms with Gasteiger partial charge in [0.15, 0.2) is 8.32 Å². The lowest BCUT2D eigenvalue weighted by atomic mass is 9.75. The monoisotopic (exact) mass is 459 g/mol. The van der Waals surface area contributed by atoms with Crippen molar-refractivity contribution in [2.45, 2.75) is 83.8 Å². The van der Waals surface area contributed by atoms with Gasteiger partial charge < -0.3 is 13.7 Å². The molecule has 4 atom stereocenters. The van der Waals surface area contributed by atoms with E-state index in [1.165, 1.54) is 0 Å². The van der Waals surface area contributed by atoms with Gasteiger partial charge in [0, 0.05) is 5.92 Å². The first-order valence-corrected chi connectivity index (χ1v) is 17.9. The number of anilines is 1. The van der Waals surface area contributed by atoms with Crippen LogP contribution in [-0.4, -0.2) is 49.9 Å². The Labute approximate surface area is 188 Å². The highest BCUT2D eigenvalue weighted by Crippen LogP contribution is 2.54.